The van der Waals surface area contributed by atoms with Gasteiger partial charge in [0.05, 0.1) is 0 Å². The number of fused-ring (bicyclic) bond motifs is 3. The minimum Gasteiger partial charge on any atom is -0.461 e. The normalized spacial score (nSPS) is 22.5. The summed E-state index contributed by atoms with van der Waals surface area (Å²) in [5.74, 6) is -0.294. The summed E-state index contributed by atoms with van der Waals surface area (Å²) in [7, 11) is 0. The molecule has 21 heavy (non-hydrogen) atoms. The summed E-state index contributed by atoms with van der Waals surface area (Å²) < 4.78 is 18.8. The summed E-state index contributed by atoms with van der Waals surface area (Å²) >= 11 is 0. The molecule has 1 aromatic carbocycles. The Morgan fingerprint density at radius 3 is 3.10 bits per heavy atom. The summed E-state index contributed by atoms with van der Waals surface area (Å²) in [5.41, 5.74) is 3.38. The number of esters is 1. The summed E-state index contributed by atoms with van der Waals surface area (Å²) in [6.07, 6.45) is 2.28. The van der Waals surface area contributed by atoms with E-state index in [1.807, 2.05) is 0 Å². The lowest BCUT2D eigenvalue weighted by molar-refractivity contribution is -0.142. The molecule has 110 valence electrons. The van der Waals surface area contributed by atoms with Crippen molar-refractivity contribution in [1.29, 1.82) is 0 Å². The number of carbonyl (C=O) groups is 1. The van der Waals surface area contributed by atoms with Crippen molar-refractivity contribution in [3.63, 3.8) is 0 Å². The van der Waals surface area contributed by atoms with E-state index in [4.69, 9.17) is 4.74 Å². The maximum absolute atomic E-state index is 13.5. The maximum atomic E-state index is 13.5. The first kappa shape index (κ1) is 12.8. The van der Waals surface area contributed by atoms with Gasteiger partial charge in [0.15, 0.2) is 0 Å². The van der Waals surface area contributed by atoms with Crippen LogP contribution >= 0.6 is 0 Å². The number of nitrogens with one attached hydrogen (secondary N) is 1. The smallest absolute Gasteiger partial charge is 0.306 e. The Balaban J connectivity index is 1.57. The van der Waals surface area contributed by atoms with Gasteiger partial charge >= 0.3 is 5.97 Å². The predicted molar refractivity (Wildman–Crippen MR) is 76.4 cm³/mol. The third kappa shape index (κ3) is 2.31. The fourth-order valence-corrected chi connectivity index (χ4v) is 3.40. The molecule has 3 heterocycles. The number of cyclic esters (lactones) is 1. The monoisotopic (exact) mass is 288 g/mol. The lowest BCUT2D eigenvalue weighted by Crippen LogP contribution is -2.36. The van der Waals surface area contributed by atoms with Crippen molar-refractivity contribution >= 4 is 16.9 Å². The third-order valence-corrected chi connectivity index (χ3v) is 4.45. The Labute approximate surface area is 121 Å². The number of nitrogens with zero attached hydrogens (tertiary/aromatic N) is 1. The van der Waals surface area contributed by atoms with Crippen LogP contribution in [0.3, 0.4) is 0 Å². The molecule has 4 nitrogen and oxygen atoms in total. The summed E-state index contributed by atoms with van der Waals surface area (Å²) in [6.45, 7) is 2.50. The number of aromatic nitrogens is 1. The highest BCUT2D eigenvalue weighted by atomic mass is 19.1. The van der Waals surface area contributed by atoms with E-state index in [0.717, 1.165) is 43.4 Å². The molecular formula is C16H17FN2O2. The van der Waals surface area contributed by atoms with Crippen LogP contribution in [-0.2, 0) is 22.5 Å². The lowest BCUT2D eigenvalue weighted by Gasteiger charge is -2.28. The minimum atomic E-state index is -0.203. The van der Waals surface area contributed by atoms with Gasteiger partial charge in [-0.2, -0.15) is 0 Å². The van der Waals surface area contributed by atoms with E-state index in [9.17, 15) is 9.18 Å². The second-order valence-corrected chi connectivity index (χ2v) is 5.91. The second-order valence-electron chi connectivity index (χ2n) is 5.91. The van der Waals surface area contributed by atoms with E-state index < -0.39 is 0 Å². The number of halogens is 1. The largest absolute Gasteiger partial charge is 0.461 e. The van der Waals surface area contributed by atoms with Crippen molar-refractivity contribution < 1.29 is 13.9 Å². The fraction of sp³-hybridized carbons (Fsp3) is 0.438. The quantitative estimate of drug-likeness (QED) is 0.863. The van der Waals surface area contributed by atoms with Gasteiger partial charge in [0.25, 0.3) is 0 Å². The minimum absolute atomic E-state index is 0.0148. The highest BCUT2D eigenvalue weighted by Gasteiger charge is 2.28. The molecule has 0 unspecified atom stereocenters. The average Bonchev–Trinajstić information content (AvgIpc) is 3.02. The summed E-state index contributed by atoms with van der Waals surface area (Å²) in [4.78, 5) is 16.9. The molecule has 5 heteroatoms. The van der Waals surface area contributed by atoms with Gasteiger partial charge in [-0.25, -0.2) is 4.39 Å². The molecule has 0 aliphatic carbocycles. The van der Waals surface area contributed by atoms with Crippen molar-refractivity contribution in [3.05, 3.63) is 35.3 Å². The zero-order valence-electron chi connectivity index (χ0n) is 11.7. The zero-order valence-corrected chi connectivity index (χ0v) is 11.7. The Morgan fingerprint density at radius 1 is 1.38 bits per heavy atom. The first-order chi connectivity index (χ1) is 10.2. The van der Waals surface area contributed by atoms with Crippen molar-refractivity contribution in [2.45, 2.75) is 31.9 Å². The molecule has 0 saturated carbocycles. The molecule has 1 atom stereocenters. The average molecular weight is 288 g/mol. The van der Waals surface area contributed by atoms with Gasteiger partial charge in [-0.1, -0.05) is 0 Å². The number of hydrogen-bond acceptors (Lipinski definition) is 3. The first-order valence-corrected chi connectivity index (χ1v) is 7.40. The number of ether oxygens (including phenoxy) is 1. The molecule has 1 aromatic heterocycles. The number of hydrogen-bond donors (Lipinski definition) is 1. The molecule has 1 N–H and O–H groups in total. The van der Waals surface area contributed by atoms with Crippen LogP contribution < -0.4 is 0 Å². The van der Waals surface area contributed by atoms with Crippen LogP contribution in [0.25, 0.3) is 10.9 Å². The van der Waals surface area contributed by atoms with Crippen molar-refractivity contribution in [2.75, 3.05) is 13.1 Å². The van der Waals surface area contributed by atoms with Crippen LogP contribution in [0.5, 0.6) is 0 Å². The van der Waals surface area contributed by atoms with Gasteiger partial charge < -0.3 is 9.72 Å². The highest BCUT2D eigenvalue weighted by Crippen LogP contribution is 2.29. The van der Waals surface area contributed by atoms with Crippen molar-refractivity contribution in [2.24, 2.45) is 0 Å². The standard InChI is InChI=1S/C16H17FN2O2/c17-10-1-3-14-12(7-10)13-9-19(6-5-15(13)18-14)8-11-2-4-16(20)21-11/h1,3,7,11,18H,2,4-6,8-9H2/t11-/m1/s1. The van der Waals surface area contributed by atoms with Crippen LogP contribution in [0.4, 0.5) is 4.39 Å². The molecule has 0 amide bonds. The molecule has 2 aromatic rings. The predicted octanol–water partition coefficient (Wildman–Crippen LogP) is 2.37. The molecule has 0 spiro atoms. The van der Waals surface area contributed by atoms with Crippen LogP contribution in [0.1, 0.15) is 24.1 Å². The SMILES string of the molecule is O=C1CC[C@H](CN2CCc3[nH]c4ccc(F)cc4c3C2)O1. The summed E-state index contributed by atoms with van der Waals surface area (Å²) in [5, 5.41) is 0.970. The zero-order chi connectivity index (χ0) is 14.4. The van der Waals surface area contributed by atoms with Crippen molar-refractivity contribution in [1.82, 2.24) is 9.88 Å². The van der Waals surface area contributed by atoms with Gasteiger partial charge in [0.1, 0.15) is 11.9 Å². The molecule has 2 aliphatic heterocycles. The number of H-pyrrole nitrogens is 1. The highest BCUT2D eigenvalue weighted by molar-refractivity contribution is 5.85. The number of aromatic amines is 1. The maximum Gasteiger partial charge on any atom is 0.306 e. The van der Waals surface area contributed by atoms with E-state index in [-0.39, 0.29) is 17.9 Å². The van der Waals surface area contributed by atoms with Crippen molar-refractivity contribution in [3.8, 4) is 0 Å². The first-order valence-electron chi connectivity index (χ1n) is 7.40. The Hall–Kier alpha value is -1.88. The molecule has 1 saturated heterocycles. The topological polar surface area (TPSA) is 45.3 Å². The Morgan fingerprint density at radius 2 is 2.29 bits per heavy atom. The van der Waals surface area contributed by atoms with Gasteiger partial charge in [0, 0.05) is 49.1 Å². The summed E-state index contributed by atoms with van der Waals surface area (Å²) in [6, 6.07) is 4.88. The second kappa shape index (κ2) is 4.84. The van der Waals surface area contributed by atoms with Crippen LogP contribution in [0.2, 0.25) is 0 Å². The van der Waals surface area contributed by atoms with E-state index in [1.165, 1.54) is 17.3 Å². The fourth-order valence-electron chi connectivity index (χ4n) is 3.40. The van der Waals surface area contributed by atoms with E-state index in [2.05, 4.69) is 9.88 Å². The molecule has 1 fully saturated rings. The third-order valence-electron chi connectivity index (χ3n) is 4.45. The Kier molecular flexibility index (Phi) is 2.96. The molecular weight excluding hydrogens is 271 g/mol. The molecule has 0 bridgehead atoms. The Bertz CT molecular complexity index is 710. The number of carbonyl (C=O) groups excluding carboxylic acids is 1. The van der Waals surface area contributed by atoms with Gasteiger partial charge in [0.2, 0.25) is 0 Å². The molecule has 4 rings (SSSR count). The van der Waals surface area contributed by atoms with Gasteiger partial charge in [-0.05, 0) is 30.2 Å². The van der Waals surface area contributed by atoms with E-state index >= 15 is 0 Å². The molecule has 2 aliphatic rings. The molecule has 0 radical (unpaired) electrons. The van der Waals surface area contributed by atoms with Gasteiger partial charge in [-0.15, -0.1) is 0 Å². The van der Waals surface area contributed by atoms with Crippen LogP contribution in [-0.4, -0.2) is 35.0 Å². The van der Waals surface area contributed by atoms with E-state index in [0.29, 0.717) is 6.42 Å². The van der Waals surface area contributed by atoms with E-state index in [1.54, 1.807) is 12.1 Å². The van der Waals surface area contributed by atoms with Crippen LogP contribution in [0, 0.1) is 5.82 Å². The van der Waals surface area contributed by atoms with Gasteiger partial charge in [-0.3, -0.25) is 9.69 Å². The number of benzene rings is 1. The lowest BCUT2D eigenvalue weighted by atomic mass is 10.0. The number of rotatable bonds is 2. The van der Waals surface area contributed by atoms with Crippen LogP contribution in [0.15, 0.2) is 18.2 Å².